The first-order valence-electron chi connectivity index (χ1n) is 7.31. The van der Waals surface area contributed by atoms with E-state index in [9.17, 15) is 0 Å². The van der Waals surface area contributed by atoms with E-state index in [4.69, 9.17) is 11.6 Å². The largest absolute Gasteiger partial charge is 0.359 e. The van der Waals surface area contributed by atoms with Crippen molar-refractivity contribution < 1.29 is 0 Å². The van der Waals surface area contributed by atoms with Gasteiger partial charge in [0.15, 0.2) is 0 Å². The van der Waals surface area contributed by atoms with Crippen molar-refractivity contribution in [1.29, 1.82) is 0 Å². The number of halogens is 1. The summed E-state index contributed by atoms with van der Waals surface area (Å²) in [5, 5.41) is 9.03. The van der Waals surface area contributed by atoms with Gasteiger partial charge in [0.2, 0.25) is 0 Å². The number of aryl methyl sites for hydroxylation is 2. The van der Waals surface area contributed by atoms with Gasteiger partial charge in [0.1, 0.15) is 6.17 Å². The van der Waals surface area contributed by atoms with E-state index >= 15 is 0 Å². The molecule has 1 aliphatic rings. The van der Waals surface area contributed by atoms with E-state index in [0.717, 1.165) is 22.0 Å². The predicted octanol–water partition coefficient (Wildman–Crippen LogP) is 4.79. The van der Waals surface area contributed by atoms with Crippen LogP contribution in [0.15, 0.2) is 48.5 Å². The molecule has 22 heavy (non-hydrogen) atoms. The van der Waals surface area contributed by atoms with E-state index in [0.29, 0.717) is 0 Å². The Labute approximate surface area is 134 Å². The first-order valence-corrected chi connectivity index (χ1v) is 7.69. The minimum atomic E-state index is -0.0454. The van der Waals surface area contributed by atoms with Gasteiger partial charge in [-0.15, -0.1) is 0 Å². The molecule has 0 amide bonds. The molecule has 0 unspecified atom stereocenters. The number of anilines is 1. The van der Waals surface area contributed by atoms with Crippen molar-refractivity contribution in [3.8, 4) is 11.3 Å². The number of hydrogen-bond donors (Lipinski definition) is 1. The van der Waals surface area contributed by atoms with Crippen LogP contribution >= 0.6 is 11.6 Å². The Hall–Kier alpha value is -2.26. The van der Waals surface area contributed by atoms with E-state index in [1.807, 2.05) is 29.8 Å². The Kier molecular flexibility index (Phi) is 2.98. The minimum Gasteiger partial charge on any atom is -0.359 e. The van der Waals surface area contributed by atoms with Gasteiger partial charge in [0.05, 0.1) is 11.4 Å². The van der Waals surface area contributed by atoms with Crippen molar-refractivity contribution in [1.82, 2.24) is 9.78 Å². The highest BCUT2D eigenvalue weighted by atomic mass is 35.5. The smallest absolute Gasteiger partial charge is 0.147 e. The summed E-state index contributed by atoms with van der Waals surface area (Å²) >= 11 is 6.17. The SMILES string of the molecule is Cc1cc2n(n1)[C@@H](c1cccc(Cl)c1)Nc1c(C)cccc1-2. The molecule has 0 spiro atoms. The molecule has 1 atom stereocenters. The summed E-state index contributed by atoms with van der Waals surface area (Å²) in [6, 6.07) is 16.4. The molecule has 0 radical (unpaired) electrons. The molecule has 0 aliphatic carbocycles. The Bertz CT molecular complexity index is 867. The topological polar surface area (TPSA) is 29.9 Å². The third kappa shape index (κ3) is 2.01. The maximum absolute atomic E-state index is 6.17. The number of benzene rings is 2. The molecule has 0 fully saturated rings. The van der Waals surface area contributed by atoms with Crippen molar-refractivity contribution in [2.75, 3.05) is 5.32 Å². The van der Waals surface area contributed by atoms with Crippen LogP contribution in [0.4, 0.5) is 5.69 Å². The van der Waals surface area contributed by atoms with Gasteiger partial charge in [-0.1, -0.05) is 41.9 Å². The van der Waals surface area contributed by atoms with Crippen LogP contribution < -0.4 is 5.32 Å². The molecule has 2 heterocycles. The third-order valence-electron chi connectivity index (χ3n) is 4.10. The lowest BCUT2D eigenvalue weighted by atomic mass is 10.0. The summed E-state index contributed by atoms with van der Waals surface area (Å²) in [4.78, 5) is 0. The molecule has 3 nitrogen and oxygen atoms in total. The Morgan fingerprint density at radius 2 is 1.91 bits per heavy atom. The van der Waals surface area contributed by atoms with Crippen LogP contribution in [-0.4, -0.2) is 9.78 Å². The summed E-state index contributed by atoms with van der Waals surface area (Å²) in [5.41, 5.74) is 6.84. The second kappa shape index (κ2) is 4.89. The fourth-order valence-corrected chi connectivity index (χ4v) is 3.29. The van der Waals surface area contributed by atoms with Gasteiger partial charge in [-0.25, -0.2) is 4.68 Å². The quantitative estimate of drug-likeness (QED) is 0.700. The first kappa shape index (κ1) is 13.4. The molecule has 1 N–H and O–H groups in total. The number of nitrogens with zero attached hydrogens (tertiary/aromatic N) is 2. The van der Waals surface area contributed by atoms with Crippen LogP contribution in [0.2, 0.25) is 5.02 Å². The van der Waals surface area contributed by atoms with Crippen molar-refractivity contribution in [2.24, 2.45) is 0 Å². The highest BCUT2D eigenvalue weighted by Gasteiger charge is 2.27. The molecule has 0 saturated heterocycles. The zero-order valence-electron chi connectivity index (χ0n) is 12.5. The molecule has 1 aromatic heterocycles. The zero-order chi connectivity index (χ0) is 15.3. The van der Waals surface area contributed by atoms with Crippen molar-refractivity contribution in [2.45, 2.75) is 20.0 Å². The van der Waals surface area contributed by atoms with E-state index < -0.39 is 0 Å². The summed E-state index contributed by atoms with van der Waals surface area (Å²) in [6.45, 7) is 4.15. The summed E-state index contributed by atoms with van der Waals surface area (Å²) in [6.07, 6.45) is -0.0454. The second-order valence-electron chi connectivity index (χ2n) is 5.71. The maximum Gasteiger partial charge on any atom is 0.147 e. The molecule has 0 saturated carbocycles. The molecule has 0 bridgehead atoms. The van der Waals surface area contributed by atoms with E-state index in [1.54, 1.807) is 0 Å². The number of hydrogen-bond acceptors (Lipinski definition) is 2. The Balaban J connectivity index is 1.94. The highest BCUT2D eigenvalue weighted by Crippen LogP contribution is 2.40. The zero-order valence-corrected chi connectivity index (χ0v) is 13.2. The van der Waals surface area contributed by atoms with Gasteiger partial charge in [-0.3, -0.25) is 0 Å². The molecule has 1 aliphatic heterocycles. The third-order valence-corrected chi connectivity index (χ3v) is 4.33. The Morgan fingerprint density at radius 1 is 1.09 bits per heavy atom. The Morgan fingerprint density at radius 3 is 2.73 bits per heavy atom. The molecule has 4 rings (SSSR count). The second-order valence-corrected chi connectivity index (χ2v) is 6.15. The monoisotopic (exact) mass is 309 g/mol. The van der Waals surface area contributed by atoms with E-state index in [2.05, 4.69) is 47.7 Å². The molecular formula is C18H16ClN3. The normalized spacial score (nSPS) is 15.9. The van der Waals surface area contributed by atoms with Gasteiger partial charge >= 0.3 is 0 Å². The lowest BCUT2D eigenvalue weighted by Gasteiger charge is -2.30. The number of rotatable bonds is 1. The van der Waals surface area contributed by atoms with Gasteiger partial charge in [0.25, 0.3) is 0 Å². The van der Waals surface area contributed by atoms with Gasteiger partial charge < -0.3 is 5.32 Å². The summed E-state index contributed by atoms with van der Waals surface area (Å²) in [5.74, 6) is 0. The fourth-order valence-electron chi connectivity index (χ4n) is 3.09. The molecular weight excluding hydrogens is 294 g/mol. The van der Waals surface area contributed by atoms with Crippen LogP contribution in [0.25, 0.3) is 11.3 Å². The summed E-state index contributed by atoms with van der Waals surface area (Å²) < 4.78 is 2.04. The van der Waals surface area contributed by atoms with Gasteiger partial charge in [-0.05, 0) is 43.2 Å². The van der Waals surface area contributed by atoms with Gasteiger partial charge in [-0.2, -0.15) is 5.10 Å². The van der Waals surface area contributed by atoms with Crippen LogP contribution in [-0.2, 0) is 0 Å². The predicted molar refractivity (Wildman–Crippen MR) is 90.4 cm³/mol. The molecule has 4 heteroatoms. The van der Waals surface area contributed by atoms with Crippen LogP contribution in [0.1, 0.15) is 23.0 Å². The standard InChI is InChI=1S/C18H16ClN3/c1-11-5-3-8-15-16-9-12(2)21-22(16)18(20-17(11)15)13-6-4-7-14(19)10-13/h3-10,18,20H,1-2H3/t18-/m0/s1. The first-order chi connectivity index (χ1) is 10.6. The molecule has 2 aromatic carbocycles. The van der Waals surface area contributed by atoms with Crippen molar-refractivity contribution >= 4 is 17.3 Å². The molecule has 3 aromatic rings. The lowest BCUT2D eigenvalue weighted by molar-refractivity contribution is 0.570. The number of fused-ring (bicyclic) bond motifs is 3. The average Bonchev–Trinajstić information content (AvgIpc) is 2.88. The lowest BCUT2D eigenvalue weighted by Crippen LogP contribution is -2.26. The van der Waals surface area contributed by atoms with Crippen LogP contribution in [0, 0.1) is 13.8 Å². The number of aromatic nitrogens is 2. The van der Waals surface area contributed by atoms with Crippen LogP contribution in [0.5, 0.6) is 0 Å². The highest BCUT2D eigenvalue weighted by molar-refractivity contribution is 6.30. The number of para-hydroxylation sites is 1. The van der Waals surface area contributed by atoms with Crippen molar-refractivity contribution in [3.05, 3.63) is 70.4 Å². The van der Waals surface area contributed by atoms with Crippen molar-refractivity contribution in [3.63, 3.8) is 0 Å². The minimum absolute atomic E-state index is 0.0454. The van der Waals surface area contributed by atoms with Gasteiger partial charge in [0, 0.05) is 16.3 Å². The van der Waals surface area contributed by atoms with E-state index in [-0.39, 0.29) is 6.17 Å². The number of nitrogens with one attached hydrogen (secondary N) is 1. The fraction of sp³-hybridized carbons (Fsp3) is 0.167. The summed E-state index contributed by atoms with van der Waals surface area (Å²) in [7, 11) is 0. The average molecular weight is 310 g/mol. The van der Waals surface area contributed by atoms with E-state index in [1.165, 1.54) is 16.8 Å². The van der Waals surface area contributed by atoms with Crippen LogP contribution in [0.3, 0.4) is 0 Å². The maximum atomic E-state index is 6.17. The molecule has 110 valence electrons.